The summed E-state index contributed by atoms with van der Waals surface area (Å²) in [7, 11) is 2.09. The number of rotatable bonds is 3. The number of nitrogens with two attached hydrogens (primary N) is 1. The predicted octanol–water partition coefficient (Wildman–Crippen LogP) is 0.726. The van der Waals surface area contributed by atoms with Gasteiger partial charge < -0.3 is 10.3 Å². The van der Waals surface area contributed by atoms with Crippen molar-refractivity contribution in [3.63, 3.8) is 0 Å². The minimum absolute atomic E-state index is 0.0803. The van der Waals surface area contributed by atoms with Crippen molar-refractivity contribution in [1.82, 2.24) is 15.0 Å². The molecule has 0 radical (unpaired) electrons. The van der Waals surface area contributed by atoms with E-state index in [-0.39, 0.29) is 6.04 Å². The Morgan fingerprint density at radius 3 is 3.07 bits per heavy atom. The quantitative estimate of drug-likeness (QED) is 0.796. The van der Waals surface area contributed by atoms with Gasteiger partial charge in [-0.05, 0) is 33.4 Å². The normalized spacial score (nSPS) is 24.6. The average molecular weight is 210 g/mol. The number of hydrogen-bond acceptors (Lipinski definition) is 5. The summed E-state index contributed by atoms with van der Waals surface area (Å²) in [6.45, 7) is 3.05. The molecule has 0 amide bonds. The van der Waals surface area contributed by atoms with Crippen LogP contribution in [0.3, 0.4) is 0 Å². The molecule has 1 aliphatic heterocycles. The third-order valence-electron chi connectivity index (χ3n) is 2.79. The van der Waals surface area contributed by atoms with Crippen LogP contribution in [0.4, 0.5) is 0 Å². The van der Waals surface area contributed by atoms with Gasteiger partial charge in [0.15, 0.2) is 5.82 Å². The van der Waals surface area contributed by atoms with Crippen molar-refractivity contribution in [2.45, 2.75) is 38.3 Å². The predicted molar refractivity (Wildman–Crippen MR) is 56.3 cm³/mol. The summed E-state index contributed by atoms with van der Waals surface area (Å²) in [4.78, 5) is 6.64. The zero-order chi connectivity index (χ0) is 10.8. The van der Waals surface area contributed by atoms with Crippen molar-refractivity contribution in [1.29, 1.82) is 0 Å². The Morgan fingerprint density at radius 2 is 2.47 bits per heavy atom. The van der Waals surface area contributed by atoms with Gasteiger partial charge >= 0.3 is 0 Å². The second kappa shape index (κ2) is 4.28. The molecule has 5 heteroatoms. The fourth-order valence-corrected chi connectivity index (χ4v) is 2.00. The maximum Gasteiger partial charge on any atom is 0.243 e. The lowest BCUT2D eigenvalue weighted by atomic mass is 10.2. The van der Waals surface area contributed by atoms with Crippen molar-refractivity contribution >= 4 is 0 Å². The monoisotopic (exact) mass is 210 g/mol. The summed E-state index contributed by atoms with van der Waals surface area (Å²) < 4.78 is 5.26. The van der Waals surface area contributed by atoms with Crippen molar-refractivity contribution in [2.24, 2.45) is 5.73 Å². The second-order valence-corrected chi connectivity index (χ2v) is 4.37. The lowest BCUT2D eigenvalue weighted by Gasteiger charge is -2.14. The standard InChI is InChI=1S/C10H18N4O/c1-7(11)6-9-12-10(15-13-9)8-4-3-5-14(8)2/h7-8H,3-6,11H2,1-2H3. The Labute approximate surface area is 89.6 Å². The molecular formula is C10H18N4O. The van der Waals surface area contributed by atoms with E-state index in [1.54, 1.807) is 0 Å². The van der Waals surface area contributed by atoms with Crippen LogP contribution in [0.25, 0.3) is 0 Å². The maximum atomic E-state index is 5.68. The Kier molecular flexibility index (Phi) is 3.02. The lowest BCUT2D eigenvalue weighted by Crippen LogP contribution is -2.19. The fraction of sp³-hybridized carbons (Fsp3) is 0.800. The Balaban J connectivity index is 2.06. The number of hydrogen-bond donors (Lipinski definition) is 1. The highest BCUT2D eigenvalue weighted by Crippen LogP contribution is 2.28. The van der Waals surface area contributed by atoms with E-state index in [2.05, 4.69) is 22.1 Å². The highest BCUT2D eigenvalue weighted by atomic mass is 16.5. The van der Waals surface area contributed by atoms with Crippen molar-refractivity contribution in [3.05, 3.63) is 11.7 Å². The lowest BCUT2D eigenvalue weighted by molar-refractivity contribution is 0.244. The molecule has 1 saturated heterocycles. The Hall–Kier alpha value is -0.940. The van der Waals surface area contributed by atoms with Crippen LogP contribution in [-0.4, -0.2) is 34.7 Å². The molecule has 2 heterocycles. The first kappa shape index (κ1) is 10.6. The maximum absolute atomic E-state index is 5.68. The molecule has 2 unspecified atom stereocenters. The van der Waals surface area contributed by atoms with E-state index in [9.17, 15) is 0 Å². The van der Waals surface area contributed by atoms with Gasteiger partial charge in [0, 0.05) is 12.5 Å². The van der Waals surface area contributed by atoms with Gasteiger partial charge in [0.05, 0.1) is 6.04 Å². The summed E-state index contributed by atoms with van der Waals surface area (Å²) in [5.41, 5.74) is 5.68. The molecule has 1 aliphatic rings. The summed E-state index contributed by atoms with van der Waals surface area (Å²) in [6, 6.07) is 0.385. The highest BCUT2D eigenvalue weighted by Gasteiger charge is 2.27. The summed E-state index contributed by atoms with van der Waals surface area (Å²) in [5.74, 6) is 1.46. The first-order valence-electron chi connectivity index (χ1n) is 5.45. The molecule has 0 spiro atoms. The van der Waals surface area contributed by atoms with Crippen molar-refractivity contribution in [2.75, 3.05) is 13.6 Å². The molecule has 2 atom stereocenters. The molecular weight excluding hydrogens is 192 g/mol. The summed E-state index contributed by atoms with van der Waals surface area (Å²) >= 11 is 0. The zero-order valence-electron chi connectivity index (χ0n) is 9.31. The van der Waals surface area contributed by atoms with E-state index < -0.39 is 0 Å². The molecule has 15 heavy (non-hydrogen) atoms. The molecule has 0 aromatic carbocycles. The number of nitrogens with zero attached hydrogens (tertiary/aromatic N) is 3. The molecule has 2 N–H and O–H groups in total. The van der Waals surface area contributed by atoms with E-state index in [1.807, 2.05) is 6.92 Å². The van der Waals surface area contributed by atoms with E-state index in [0.29, 0.717) is 12.5 Å². The van der Waals surface area contributed by atoms with Gasteiger partial charge in [-0.1, -0.05) is 5.16 Å². The highest BCUT2D eigenvalue weighted by molar-refractivity contribution is 4.96. The largest absolute Gasteiger partial charge is 0.338 e. The van der Waals surface area contributed by atoms with Crippen LogP contribution in [0.1, 0.15) is 37.5 Å². The van der Waals surface area contributed by atoms with Gasteiger partial charge in [0.1, 0.15) is 0 Å². The summed E-state index contributed by atoms with van der Waals surface area (Å²) in [6.07, 6.45) is 2.99. The molecule has 1 aromatic rings. The topological polar surface area (TPSA) is 68.2 Å². The van der Waals surface area contributed by atoms with Crippen LogP contribution in [0.15, 0.2) is 4.52 Å². The van der Waals surface area contributed by atoms with Gasteiger partial charge in [-0.15, -0.1) is 0 Å². The molecule has 1 aromatic heterocycles. The SMILES string of the molecule is CC(N)Cc1noc(C2CCCN2C)n1. The molecule has 0 bridgehead atoms. The van der Waals surface area contributed by atoms with Gasteiger partial charge in [0.2, 0.25) is 5.89 Å². The van der Waals surface area contributed by atoms with E-state index in [1.165, 1.54) is 6.42 Å². The first-order valence-corrected chi connectivity index (χ1v) is 5.45. The minimum Gasteiger partial charge on any atom is -0.338 e. The fourth-order valence-electron chi connectivity index (χ4n) is 2.00. The molecule has 84 valence electrons. The van der Waals surface area contributed by atoms with E-state index in [0.717, 1.165) is 24.7 Å². The van der Waals surface area contributed by atoms with Crippen molar-refractivity contribution in [3.8, 4) is 0 Å². The van der Waals surface area contributed by atoms with E-state index in [4.69, 9.17) is 10.3 Å². The van der Waals surface area contributed by atoms with Crippen LogP contribution in [-0.2, 0) is 6.42 Å². The van der Waals surface area contributed by atoms with Crippen LogP contribution in [0, 0.1) is 0 Å². The second-order valence-electron chi connectivity index (χ2n) is 4.37. The molecule has 5 nitrogen and oxygen atoms in total. The smallest absolute Gasteiger partial charge is 0.243 e. The van der Waals surface area contributed by atoms with E-state index >= 15 is 0 Å². The molecule has 2 rings (SSSR count). The summed E-state index contributed by atoms with van der Waals surface area (Å²) in [5, 5.41) is 3.94. The minimum atomic E-state index is 0.0803. The molecule has 0 saturated carbocycles. The third-order valence-corrected chi connectivity index (χ3v) is 2.79. The molecule has 1 fully saturated rings. The Morgan fingerprint density at radius 1 is 1.67 bits per heavy atom. The third kappa shape index (κ3) is 2.35. The Bertz CT molecular complexity index is 323. The van der Waals surface area contributed by atoms with Gasteiger partial charge in [0.25, 0.3) is 0 Å². The number of likely N-dealkylation sites (tertiary alicyclic amines) is 1. The van der Waals surface area contributed by atoms with Crippen LogP contribution >= 0.6 is 0 Å². The average Bonchev–Trinajstić information content (AvgIpc) is 2.72. The zero-order valence-corrected chi connectivity index (χ0v) is 9.31. The van der Waals surface area contributed by atoms with Gasteiger partial charge in [-0.2, -0.15) is 4.98 Å². The van der Waals surface area contributed by atoms with Crippen LogP contribution in [0.5, 0.6) is 0 Å². The number of aromatic nitrogens is 2. The van der Waals surface area contributed by atoms with Crippen molar-refractivity contribution < 1.29 is 4.52 Å². The van der Waals surface area contributed by atoms with Gasteiger partial charge in [-0.25, -0.2) is 0 Å². The van der Waals surface area contributed by atoms with Crippen LogP contribution in [0.2, 0.25) is 0 Å². The first-order chi connectivity index (χ1) is 7.16. The van der Waals surface area contributed by atoms with Gasteiger partial charge in [-0.3, -0.25) is 4.90 Å². The van der Waals surface area contributed by atoms with Crippen LogP contribution < -0.4 is 5.73 Å². The molecule has 0 aliphatic carbocycles.